The molecule has 2 N–H and O–H groups in total. The third-order valence-electron chi connectivity index (χ3n) is 3.33. The van der Waals surface area contributed by atoms with Gasteiger partial charge in [-0.25, -0.2) is 0 Å². The molecule has 0 atom stereocenters. The minimum Gasteiger partial charge on any atom is -0.508 e. The number of hydrogen-bond acceptors (Lipinski definition) is 3. The van der Waals surface area contributed by atoms with E-state index in [1.807, 2.05) is 12.1 Å². The standard InChI is InChI=1S/C18H14ClNO3/c19-14-3-1-2-13(10-14)16-8-9-17(23-16)18(22)20-11-12-4-6-15(21)7-5-12/h1-10,21H,11H2,(H,20,22). The largest absolute Gasteiger partial charge is 0.508 e. The van der Waals surface area contributed by atoms with Crippen LogP contribution in [0.1, 0.15) is 16.1 Å². The van der Waals surface area contributed by atoms with Crippen LogP contribution in [0.15, 0.2) is 65.1 Å². The zero-order valence-corrected chi connectivity index (χ0v) is 12.9. The first-order valence-electron chi connectivity index (χ1n) is 7.04. The number of rotatable bonds is 4. The van der Waals surface area contributed by atoms with E-state index in [1.54, 1.807) is 48.5 Å². The quantitative estimate of drug-likeness (QED) is 0.753. The normalized spacial score (nSPS) is 10.5. The van der Waals surface area contributed by atoms with Crippen LogP contribution in [0.3, 0.4) is 0 Å². The molecule has 0 saturated heterocycles. The van der Waals surface area contributed by atoms with Crippen LogP contribution in [0.25, 0.3) is 11.3 Å². The zero-order valence-electron chi connectivity index (χ0n) is 12.1. The Labute approximate surface area is 138 Å². The van der Waals surface area contributed by atoms with Gasteiger partial charge in [-0.15, -0.1) is 0 Å². The molecule has 0 aliphatic rings. The molecule has 3 aromatic rings. The number of carbonyl (C=O) groups is 1. The molecule has 0 unspecified atom stereocenters. The molecule has 0 aliphatic heterocycles. The van der Waals surface area contributed by atoms with Crippen LogP contribution < -0.4 is 5.32 Å². The van der Waals surface area contributed by atoms with Crippen molar-refractivity contribution in [3.05, 3.63) is 77.0 Å². The maximum Gasteiger partial charge on any atom is 0.287 e. The molecule has 0 aliphatic carbocycles. The number of furan rings is 1. The first-order chi connectivity index (χ1) is 11.1. The second kappa shape index (κ2) is 6.58. The Morgan fingerprint density at radius 3 is 2.61 bits per heavy atom. The number of phenolic OH excluding ortho intramolecular Hbond substituents is 1. The number of halogens is 1. The number of aromatic hydroxyl groups is 1. The Kier molecular flexibility index (Phi) is 4.35. The molecular formula is C18H14ClNO3. The summed E-state index contributed by atoms with van der Waals surface area (Å²) in [4.78, 5) is 12.1. The lowest BCUT2D eigenvalue weighted by molar-refractivity contribution is 0.0924. The summed E-state index contributed by atoms with van der Waals surface area (Å²) in [6.45, 7) is 0.353. The molecule has 1 heterocycles. The molecule has 23 heavy (non-hydrogen) atoms. The van der Waals surface area contributed by atoms with Crippen molar-refractivity contribution in [2.75, 3.05) is 0 Å². The summed E-state index contributed by atoms with van der Waals surface area (Å²) >= 11 is 5.95. The van der Waals surface area contributed by atoms with Crippen LogP contribution >= 0.6 is 11.6 Å². The predicted octanol–water partition coefficient (Wildman–Crippen LogP) is 4.24. The Hall–Kier alpha value is -2.72. The van der Waals surface area contributed by atoms with Crippen molar-refractivity contribution in [2.45, 2.75) is 6.54 Å². The number of benzene rings is 2. The van der Waals surface area contributed by atoms with Gasteiger partial charge in [-0.05, 0) is 42.0 Å². The maximum absolute atomic E-state index is 12.1. The highest BCUT2D eigenvalue weighted by molar-refractivity contribution is 6.30. The highest BCUT2D eigenvalue weighted by atomic mass is 35.5. The Bertz CT molecular complexity index is 824. The number of phenols is 1. The molecule has 4 nitrogen and oxygen atoms in total. The van der Waals surface area contributed by atoms with E-state index >= 15 is 0 Å². The molecule has 0 saturated carbocycles. The number of carbonyl (C=O) groups excluding carboxylic acids is 1. The highest BCUT2D eigenvalue weighted by Crippen LogP contribution is 2.24. The Morgan fingerprint density at radius 2 is 1.87 bits per heavy atom. The van der Waals surface area contributed by atoms with Gasteiger partial charge >= 0.3 is 0 Å². The fraction of sp³-hybridized carbons (Fsp3) is 0.0556. The Balaban J connectivity index is 1.67. The molecule has 0 bridgehead atoms. The van der Waals surface area contributed by atoms with E-state index in [-0.39, 0.29) is 17.4 Å². The molecule has 5 heteroatoms. The lowest BCUT2D eigenvalue weighted by atomic mass is 10.2. The van der Waals surface area contributed by atoms with Gasteiger partial charge in [0.25, 0.3) is 5.91 Å². The van der Waals surface area contributed by atoms with E-state index in [0.717, 1.165) is 11.1 Å². The third kappa shape index (κ3) is 3.73. The van der Waals surface area contributed by atoms with Crippen LogP contribution in [0.4, 0.5) is 0 Å². The molecule has 0 spiro atoms. The van der Waals surface area contributed by atoms with E-state index in [1.165, 1.54) is 0 Å². The molecule has 0 radical (unpaired) electrons. The molecule has 3 rings (SSSR count). The first-order valence-corrected chi connectivity index (χ1v) is 7.41. The molecule has 2 aromatic carbocycles. The topological polar surface area (TPSA) is 62.5 Å². The number of hydrogen-bond donors (Lipinski definition) is 2. The summed E-state index contributed by atoms with van der Waals surface area (Å²) in [6.07, 6.45) is 0. The van der Waals surface area contributed by atoms with E-state index in [4.69, 9.17) is 16.0 Å². The summed E-state index contributed by atoms with van der Waals surface area (Å²) in [5, 5.41) is 12.6. The van der Waals surface area contributed by atoms with Gasteiger partial charge in [0.05, 0.1) is 0 Å². The smallest absolute Gasteiger partial charge is 0.287 e. The van der Waals surface area contributed by atoms with Gasteiger partial charge in [0.1, 0.15) is 11.5 Å². The predicted molar refractivity (Wildman–Crippen MR) is 88.4 cm³/mol. The summed E-state index contributed by atoms with van der Waals surface area (Å²) in [6, 6.07) is 17.2. The molecular weight excluding hydrogens is 314 g/mol. The lowest BCUT2D eigenvalue weighted by Crippen LogP contribution is -2.22. The summed E-state index contributed by atoms with van der Waals surface area (Å²) < 4.78 is 5.58. The van der Waals surface area contributed by atoms with Crippen molar-refractivity contribution in [3.63, 3.8) is 0 Å². The van der Waals surface area contributed by atoms with Gasteiger partial charge in [-0.2, -0.15) is 0 Å². The van der Waals surface area contributed by atoms with Crippen molar-refractivity contribution in [3.8, 4) is 17.1 Å². The second-order valence-corrected chi connectivity index (χ2v) is 5.46. The minimum atomic E-state index is -0.300. The number of amides is 1. The van der Waals surface area contributed by atoms with E-state index < -0.39 is 0 Å². The van der Waals surface area contributed by atoms with Gasteiger partial charge in [0, 0.05) is 17.1 Å². The monoisotopic (exact) mass is 327 g/mol. The van der Waals surface area contributed by atoms with Gasteiger partial charge in [0.15, 0.2) is 5.76 Å². The summed E-state index contributed by atoms with van der Waals surface area (Å²) in [7, 11) is 0. The molecule has 116 valence electrons. The van der Waals surface area contributed by atoms with Crippen molar-refractivity contribution in [1.29, 1.82) is 0 Å². The number of nitrogens with one attached hydrogen (secondary N) is 1. The SMILES string of the molecule is O=C(NCc1ccc(O)cc1)c1ccc(-c2cccc(Cl)c2)o1. The highest BCUT2D eigenvalue weighted by Gasteiger charge is 2.12. The van der Waals surface area contributed by atoms with Crippen LogP contribution in [0.5, 0.6) is 5.75 Å². The average Bonchev–Trinajstić information content (AvgIpc) is 3.04. The van der Waals surface area contributed by atoms with Crippen molar-refractivity contribution >= 4 is 17.5 Å². The molecule has 0 fully saturated rings. The molecule has 1 aromatic heterocycles. The van der Waals surface area contributed by atoms with Gasteiger partial charge in [0.2, 0.25) is 0 Å². The Morgan fingerprint density at radius 1 is 1.09 bits per heavy atom. The maximum atomic E-state index is 12.1. The third-order valence-corrected chi connectivity index (χ3v) is 3.56. The average molecular weight is 328 g/mol. The second-order valence-electron chi connectivity index (χ2n) is 5.02. The van der Waals surface area contributed by atoms with E-state index in [9.17, 15) is 9.90 Å². The first kappa shape index (κ1) is 15.2. The van der Waals surface area contributed by atoms with Gasteiger partial charge in [-0.3, -0.25) is 4.79 Å². The molecule has 1 amide bonds. The summed E-state index contributed by atoms with van der Waals surface area (Å²) in [5.41, 5.74) is 1.70. The van der Waals surface area contributed by atoms with Crippen molar-refractivity contribution in [1.82, 2.24) is 5.32 Å². The fourth-order valence-corrected chi connectivity index (χ4v) is 2.33. The fourth-order valence-electron chi connectivity index (χ4n) is 2.14. The lowest BCUT2D eigenvalue weighted by Gasteiger charge is -2.04. The van der Waals surface area contributed by atoms with Crippen LogP contribution in [0, 0.1) is 0 Å². The van der Waals surface area contributed by atoms with Crippen molar-refractivity contribution < 1.29 is 14.3 Å². The van der Waals surface area contributed by atoms with Gasteiger partial charge in [-0.1, -0.05) is 35.9 Å². The van der Waals surface area contributed by atoms with Crippen LogP contribution in [-0.2, 0) is 6.54 Å². The zero-order chi connectivity index (χ0) is 16.2. The van der Waals surface area contributed by atoms with Crippen LogP contribution in [-0.4, -0.2) is 11.0 Å². The minimum absolute atomic E-state index is 0.192. The van der Waals surface area contributed by atoms with E-state index in [2.05, 4.69) is 5.32 Å². The van der Waals surface area contributed by atoms with Crippen molar-refractivity contribution in [2.24, 2.45) is 0 Å². The van der Waals surface area contributed by atoms with E-state index in [0.29, 0.717) is 17.3 Å². The summed E-state index contributed by atoms with van der Waals surface area (Å²) in [5.74, 6) is 0.713. The van der Waals surface area contributed by atoms with Crippen LogP contribution in [0.2, 0.25) is 5.02 Å². The van der Waals surface area contributed by atoms with Gasteiger partial charge < -0.3 is 14.8 Å².